The topological polar surface area (TPSA) is 56.7 Å². The van der Waals surface area contributed by atoms with E-state index in [1.807, 2.05) is 17.2 Å². The fourth-order valence-corrected chi connectivity index (χ4v) is 2.68. The maximum absolute atomic E-state index is 12.4. The molecule has 0 saturated carbocycles. The van der Waals surface area contributed by atoms with Gasteiger partial charge in [0.2, 0.25) is 0 Å². The first-order chi connectivity index (χ1) is 10.7. The highest BCUT2D eigenvalue weighted by molar-refractivity contribution is 5.94. The highest BCUT2D eigenvalue weighted by Crippen LogP contribution is 2.15. The van der Waals surface area contributed by atoms with Gasteiger partial charge in [0.1, 0.15) is 5.75 Å². The van der Waals surface area contributed by atoms with Crippen molar-refractivity contribution in [3.05, 3.63) is 59.9 Å². The summed E-state index contributed by atoms with van der Waals surface area (Å²) in [5, 5.41) is 9.48. The maximum Gasteiger partial charge on any atom is 0.254 e. The fourth-order valence-electron chi connectivity index (χ4n) is 2.68. The van der Waals surface area contributed by atoms with E-state index >= 15 is 0 Å². The number of phenolic OH excluding ortho intramolecular Hbond substituents is 1. The number of nitrogens with zero attached hydrogens (tertiary/aromatic N) is 3. The number of aromatic nitrogens is 1. The first kappa shape index (κ1) is 14.5. The Hall–Kier alpha value is -2.40. The van der Waals surface area contributed by atoms with Crippen LogP contribution in [0.2, 0.25) is 0 Å². The zero-order chi connectivity index (χ0) is 15.4. The Morgan fingerprint density at radius 1 is 1.14 bits per heavy atom. The van der Waals surface area contributed by atoms with Gasteiger partial charge < -0.3 is 10.0 Å². The molecular formula is C17H19N3O2. The Balaban J connectivity index is 1.56. The van der Waals surface area contributed by atoms with Crippen LogP contribution in [-0.4, -0.2) is 52.0 Å². The van der Waals surface area contributed by atoms with Crippen molar-refractivity contribution in [2.75, 3.05) is 26.2 Å². The van der Waals surface area contributed by atoms with Crippen molar-refractivity contribution < 1.29 is 9.90 Å². The number of hydrogen-bond donors (Lipinski definition) is 1. The SMILES string of the molecule is O=C(c1cccc(O)c1)N1CCN(Cc2cccnc2)CC1. The molecule has 0 bridgehead atoms. The lowest BCUT2D eigenvalue weighted by molar-refractivity contribution is 0.0628. The first-order valence-electron chi connectivity index (χ1n) is 7.42. The second-order valence-electron chi connectivity index (χ2n) is 5.48. The quantitative estimate of drug-likeness (QED) is 0.937. The Morgan fingerprint density at radius 3 is 2.64 bits per heavy atom. The monoisotopic (exact) mass is 297 g/mol. The number of benzene rings is 1. The van der Waals surface area contributed by atoms with Crippen molar-refractivity contribution in [3.63, 3.8) is 0 Å². The van der Waals surface area contributed by atoms with Gasteiger partial charge in [0, 0.05) is 50.7 Å². The lowest BCUT2D eigenvalue weighted by atomic mass is 10.1. The van der Waals surface area contributed by atoms with Gasteiger partial charge >= 0.3 is 0 Å². The third-order valence-electron chi connectivity index (χ3n) is 3.88. The minimum Gasteiger partial charge on any atom is -0.508 e. The fraction of sp³-hybridized carbons (Fsp3) is 0.294. The average Bonchev–Trinajstić information content (AvgIpc) is 2.56. The zero-order valence-electron chi connectivity index (χ0n) is 12.4. The molecule has 5 nitrogen and oxygen atoms in total. The number of piperazine rings is 1. The molecule has 2 aromatic rings. The van der Waals surface area contributed by atoms with Crippen molar-refractivity contribution >= 4 is 5.91 Å². The molecule has 3 rings (SSSR count). The second kappa shape index (κ2) is 6.58. The lowest BCUT2D eigenvalue weighted by Crippen LogP contribution is -2.48. The molecule has 0 spiro atoms. The highest BCUT2D eigenvalue weighted by Gasteiger charge is 2.22. The van der Waals surface area contributed by atoms with Gasteiger partial charge in [-0.15, -0.1) is 0 Å². The normalized spacial score (nSPS) is 15.7. The van der Waals surface area contributed by atoms with Gasteiger partial charge in [-0.05, 0) is 29.8 Å². The minimum absolute atomic E-state index is 0.0167. The van der Waals surface area contributed by atoms with Crippen LogP contribution in [0, 0.1) is 0 Å². The summed E-state index contributed by atoms with van der Waals surface area (Å²) in [5.74, 6) is 0.109. The summed E-state index contributed by atoms with van der Waals surface area (Å²) in [6.45, 7) is 3.96. The number of rotatable bonds is 3. The minimum atomic E-state index is -0.0167. The summed E-state index contributed by atoms with van der Waals surface area (Å²) in [7, 11) is 0. The van der Waals surface area contributed by atoms with E-state index in [9.17, 15) is 9.90 Å². The molecule has 114 valence electrons. The van der Waals surface area contributed by atoms with E-state index < -0.39 is 0 Å². The van der Waals surface area contributed by atoms with Gasteiger partial charge in [-0.25, -0.2) is 0 Å². The number of carbonyl (C=O) groups excluding carboxylic acids is 1. The van der Waals surface area contributed by atoms with Crippen LogP contribution in [0.5, 0.6) is 5.75 Å². The van der Waals surface area contributed by atoms with E-state index in [0.717, 1.165) is 19.6 Å². The van der Waals surface area contributed by atoms with Crippen molar-refractivity contribution in [2.24, 2.45) is 0 Å². The molecule has 0 atom stereocenters. The predicted molar refractivity (Wildman–Crippen MR) is 83.5 cm³/mol. The van der Waals surface area contributed by atoms with Gasteiger partial charge in [-0.3, -0.25) is 14.7 Å². The number of amides is 1. The van der Waals surface area contributed by atoms with Gasteiger partial charge in [0.25, 0.3) is 5.91 Å². The molecule has 0 unspecified atom stereocenters. The standard InChI is InChI=1S/C17H19N3O2/c21-16-5-1-4-15(11-16)17(22)20-9-7-19(8-10-20)13-14-3-2-6-18-12-14/h1-6,11-12,21H,7-10,13H2. The van der Waals surface area contributed by atoms with Gasteiger partial charge in [-0.2, -0.15) is 0 Å². The van der Waals surface area contributed by atoms with Crippen LogP contribution in [-0.2, 0) is 6.54 Å². The molecule has 1 aliphatic rings. The molecule has 0 radical (unpaired) electrons. The number of carbonyl (C=O) groups is 1. The third-order valence-corrected chi connectivity index (χ3v) is 3.88. The second-order valence-corrected chi connectivity index (χ2v) is 5.48. The summed E-state index contributed by atoms with van der Waals surface area (Å²) in [5.41, 5.74) is 1.73. The van der Waals surface area contributed by atoms with E-state index in [-0.39, 0.29) is 11.7 Å². The molecular weight excluding hydrogens is 278 g/mol. The van der Waals surface area contributed by atoms with E-state index in [1.54, 1.807) is 24.4 Å². The molecule has 0 aliphatic carbocycles. The molecule has 1 aromatic carbocycles. The molecule has 1 aliphatic heterocycles. The lowest BCUT2D eigenvalue weighted by Gasteiger charge is -2.34. The summed E-state index contributed by atoms with van der Waals surface area (Å²) in [4.78, 5) is 20.7. The van der Waals surface area contributed by atoms with E-state index in [4.69, 9.17) is 0 Å². The van der Waals surface area contributed by atoms with Crippen LogP contribution in [0.1, 0.15) is 15.9 Å². The molecule has 22 heavy (non-hydrogen) atoms. The van der Waals surface area contributed by atoms with Crippen LogP contribution in [0.3, 0.4) is 0 Å². The largest absolute Gasteiger partial charge is 0.508 e. The van der Waals surface area contributed by atoms with Crippen LogP contribution in [0.4, 0.5) is 0 Å². The summed E-state index contributed by atoms with van der Waals surface area (Å²) in [6.07, 6.45) is 3.65. The molecule has 5 heteroatoms. The predicted octanol–water partition coefficient (Wildman–Crippen LogP) is 1.75. The van der Waals surface area contributed by atoms with Crippen molar-refractivity contribution in [3.8, 4) is 5.75 Å². The molecule has 1 amide bonds. The number of hydrogen-bond acceptors (Lipinski definition) is 4. The number of pyridine rings is 1. The molecule has 1 fully saturated rings. The average molecular weight is 297 g/mol. The highest BCUT2D eigenvalue weighted by atomic mass is 16.3. The molecule has 2 heterocycles. The maximum atomic E-state index is 12.4. The summed E-state index contributed by atoms with van der Waals surface area (Å²) < 4.78 is 0. The summed E-state index contributed by atoms with van der Waals surface area (Å²) >= 11 is 0. The van der Waals surface area contributed by atoms with Gasteiger partial charge in [0.15, 0.2) is 0 Å². The molecule has 1 N–H and O–H groups in total. The van der Waals surface area contributed by atoms with Gasteiger partial charge in [0.05, 0.1) is 0 Å². The van der Waals surface area contributed by atoms with Crippen molar-refractivity contribution in [1.29, 1.82) is 0 Å². The Morgan fingerprint density at radius 2 is 1.95 bits per heavy atom. The molecule has 1 saturated heterocycles. The Labute approximate surface area is 129 Å². The number of phenols is 1. The van der Waals surface area contributed by atoms with Crippen LogP contribution < -0.4 is 0 Å². The molecule has 1 aromatic heterocycles. The van der Waals surface area contributed by atoms with Crippen molar-refractivity contribution in [1.82, 2.24) is 14.8 Å². The van der Waals surface area contributed by atoms with Crippen molar-refractivity contribution in [2.45, 2.75) is 6.54 Å². The van der Waals surface area contributed by atoms with Crippen LogP contribution in [0.25, 0.3) is 0 Å². The van der Waals surface area contributed by atoms with E-state index in [0.29, 0.717) is 18.7 Å². The smallest absolute Gasteiger partial charge is 0.254 e. The Bertz CT molecular complexity index is 637. The van der Waals surface area contributed by atoms with Gasteiger partial charge in [-0.1, -0.05) is 12.1 Å². The van der Waals surface area contributed by atoms with Crippen LogP contribution >= 0.6 is 0 Å². The first-order valence-corrected chi connectivity index (χ1v) is 7.42. The summed E-state index contributed by atoms with van der Waals surface area (Å²) in [6, 6.07) is 10.5. The van der Waals surface area contributed by atoms with E-state index in [1.165, 1.54) is 11.6 Å². The Kier molecular flexibility index (Phi) is 4.34. The third kappa shape index (κ3) is 3.43. The zero-order valence-corrected chi connectivity index (χ0v) is 12.4. The van der Waals surface area contributed by atoms with E-state index in [2.05, 4.69) is 16.0 Å². The van der Waals surface area contributed by atoms with Crippen LogP contribution in [0.15, 0.2) is 48.8 Å². The number of aromatic hydroxyl groups is 1.